The monoisotopic (exact) mass is 230 g/mol. The summed E-state index contributed by atoms with van der Waals surface area (Å²) in [4.78, 5) is 11.5. The van der Waals surface area contributed by atoms with Crippen molar-refractivity contribution in [2.24, 2.45) is 0 Å². The predicted octanol–water partition coefficient (Wildman–Crippen LogP) is 2.84. The minimum atomic E-state index is -0.152. The van der Waals surface area contributed by atoms with Crippen LogP contribution in [0.5, 0.6) is 5.75 Å². The van der Waals surface area contributed by atoms with Crippen LogP contribution in [0.2, 0.25) is 0 Å². The molecule has 1 heterocycles. The van der Waals surface area contributed by atoms with Crippen molar-refractivity contribution in [3.8, 4) is 5.75 Å². The van der Waals surface area contributed by atoms with Crippen molar-refractivity contribution in [2.75, 3.05) is 0 Å². The molecule has 0 bridgehead atoms. The molecule has 3 nitrogen and oxygen atoms in total. The van der Waals surface area contributed by atoms with Gasteiger partial charge in [0.2, 0.25) is 11.2 Å². The lowest BCUT2D eigenvalue weighted by molar-refractivity contribution is 0.290. The molecule has 88 valence electrons. The Morgan fingerprint density at radius 2 is 1.88 bits per heavy atom. The fourth-order valence-corrected chi connectivity index (χ4v) is 1.44. The number of rotatable bonds is 3. The summed E-state index contributed by atoms with van der Waals surface area (Å²) in [5.41, 5.74) is 2.07. The van der Waals surface area contributed by atoms with Gasteiger partial charge in [0.25, 0.3) is 0 Å². The number of ether oxygens (including phenoxy) is 1. The summed E-state index contributed by atoms with van der Waals surface area (Å²) in [5.74, 6) is 0.828. The summed E-state index contributed by atoms with van der Waals surface area (Å²) in [6, 6.07) is 9.40. The van der Waals surface area contributed by atoms with Crippen molar-refractivity contribution in [2.45, 2.75) is 20.5 Å². The van der Waals surface area contributed by atoms with E-state index < -0.39 is 0 Å². The van der Waals surface area contributed by atoms with Crippen LogP contribution >= 0.6 is 0 Å². The third-order valence-electron chi connectivity index (χ3n) is 2.44. The van der Waals surface area contributed by atoms with Crippen LogP contribution in [0.1, 0.15) is 16.9 Å². The molecule has 2 aromatic rings. The Labute approximate surface area is 99.7 Å². The van der Waals surface area contributed by atoms with Gasteiger partial charge in [0.15, 0.2) is 0 Å². The van der Waals surface area contributed by atoms with Crippen molar-refractivity contribution < 1.29 is 9.15 Å². The van der Waals surface area contributed by atoms with E-state index in [0.29, 0.717) is 12.4 Å². The van der Waals surface area contributed by atoms with Crippen molar-refractivity contribution in [1.29, 1.82) is 0 Å². The molecule has 0 saturated carbocycles. The summed E-state index contributed by atoms with van der Waals surface area (Å²) in [7, 11) is 0. The average Bonchev–Trinajstić information content (AvgIpc) is 2.30. The van der Waals surface area contributed by atoms with Crippen molar-refractivity contribution >= 4 is 0 Å². The van der Waals surface area contributed by atoms with Gasteiger partial charge in [-0.25, -0.2) is 0 Å². The second-order valence-electron chi connectivity index (χ2n) is 3.99. The maximum atomic E-state index is 11.5. The van der Waals surface area contributed by atoms with Crippen LogP contribution in [-0.4, -0.2) is 0 Å². The summed E-state index contributed by atoms with van der Waals surface area (Å²) in [6.45, 7) is 4.12. The number of aryl methyl sites for hydroxylation is 2. The number of benzene rings is 1. The molecular weight excluding hydrogens is 216 g/mol. The van der Waals surface area contributed by atoms with E-state index in [1.165, 1.54) is 17.9 Å². The summed E-state index contributed by atoms with van der Waals surface area (Å²) < 4.78 is 10.5. The first-order chi connectivity index (χ1) is 8.15. The molecule has 0 atom stereocenters. The van der Waals surface area contributed by atoms with E-state index in [1.807, 2.05) is 31.2 Å². The lowest BCUT2D eigenvalue weighted by atomic mass is 10.2. The quantitative estimate of drug-likeness (QED) is 0.813. The molecule has 0 radical (unpaired) electrons. The van der Waals surface area contributed by atoms with Gasteiger partial charge in [-0.15, -0.1) is 0 Å². The fraction of sp³-hybridized carbons (Fsp3) is 0.214. The van der Waals surface area contributed by atoms with Crippen LogP contribution in [0.4, 0.5) is 0 Å². The zero-order valence-corrected chi connectivity index (χ0v) is 9.90. The SMILES string of the molecule is Cc1ccc(COc2coc(C)cc2=O)cc1. The van der Waals surface area contributed by atoms with E-state index >= 15 is 0 Å². The largest absolute Gasteiger partial charge is 0.482 e. The molecule has 0 aliphatic heterocycles. The highest BCUT2D eigenvalue weighted by Gasteiger charge is 2.02. The Morgan fingerprint density at radius 3 is 2.53 bits per heavy atom. The topological polar surface area (TPSA) is 39.4 Å². The standard InChI is InChI=1S/C14H14O3/c1-10-3-5-12(6-4-10)8-17-14-9-16-11(2)7-13(14)15/h3-7,9H,8H2,1-2H3. The van der Waals surface area contributed by atoms with Crippen LogP contribution in [0, 0.1) is 13.8 Å². The molecule has 2 rings (SSSR count). The Hall–Kier alpha value is -2.03. The fourth-order valence-electron chi connectivity index (χ4n) is 1.44. The highest BCUT2D eigenvalue weighted by atomic mass is 16.5. The van der Waals surface area contributed by atoms with Gasteiger partial charge in [-0.05, 0) is 19.4 Å². The van der Waals surface area contributed by atoms with Gasteiger partial charge in [-0.2, -0.15) is 0 Å². The van der Waals surface area contributed by atoms with E-state index in [4.69, 9.17) is 9.15 Å². The molecule has 0 N–H and O–H groups in total. The normalized spacial score (nSPS) is 10.2. The Morgan fingerprint density at radius 1 is 1.18 bits per heavy atom. The maximum Gasteiger partial charge on any atom is 0.226 e. The highest BCUT2D eigenvalue weighted by Crippen LogP contribution is 2.09. The van der Waals surface area contributed by atoms with Gasteiger partial charge in [0, 0.05) is 6.07 Å². The lowest BCUT2D eigenvalue weighted by Gasteiger charge is -2.05. The minimum Gasteiger partial charge on any atom is -0.482 e. The molecule has 0 saturated heterocycles. The Kier molecular flexibility index (Phi) is 3.28. The van der Waals surface area contributed by atoms with Crippen molar-refractivity contribution in [3.05, 3.63) is 63.7 Å². The zero-order chi connectivity index (χ0) is 12.3. The maximum absolute atomic E-state index is 11.5. The molecule has 0 fully saturated rings. The van der Waals surface area contributed by atoms with Gasteiger partial charge < -0.3 is 9.15 Å². The zero-order valence-electron chi connectivity index (χ0n) is 9.90. The predicted molar refractivity (Wildman–Crippen MR) is 65.2 cm³/mol. The molecular formula is C14H14O3. The van der Waals surface area contributed by atoms with Gasteiger partial charge in [0.1, 0.15) is 18.6 Å². The van der Waals surface area contributed by atoms with E-state index in [0.717, 1.165) is 5.56 Å². The van der Waals surface area contributed by atoms with Crippen LogP contribution in [0.3, 0.4) is 0 Å². The van der Waals surface area contributed by atoms with Gasteiger partial charge in [-0.3, -0.25) is 4.79 Å². The van der Waals surface area contributed by atoms with Crippen molar-refractivity contribution in [3.63, 3.8) is 0 Å². The third kappa shape index (κ3) is 2.97. The number of hydrogen-bond acceptors (Lipinski definition) is 3. The van der Waals surface area contributed by atoms with E-state index in [-0.39, 0.29) is 11.2 Å². The van der Waals surface area contributed by atoms with Gasteiger partial charge >= 0.3 is 0 Å². The van der Waals surface area contributed by atoms with Crippen LogP contribution in [-0.2, 0) is 6.61 Å². The second kappa shape index (κ2) is 4.87. The second-order valence-corrected chi connectivity index (χ2v) is 3.99. The molecule has 0 aliphatic rings. The van der Waals surface area contributed by atoms with E-state index in [2.05, 4.69) is 0 Å². The average molecular weight is 230 g/mol. The minimum absolute atomic E-state index is 0.152. The van der Waals surface area contributed by atoms with Gasteiger partial charge in [-0.1, -0.05) is 29.8 Å². The van der Waals surface area contributed by atoms with E-state index in [1.54, 1.807) is 6.92 Å². The first-order valence-corrected chi connectivity index (χ1v) is 5.43. The molecule has 1 aromatic heterocycles. The Bertz CT molecular complexity index is 552. The first-order valence-electron chi connectivity index (χ1n) is 5.43. The molecule has 3 heteroatoms. The van der Waals surface area contributed by atoms with Crippen molar-refractivity contribution in [1.82, 2.24) is 0 Å². The highest BCUT2D eigenvalue weighted by molar-refractivity contribution is 5.22. The van der Waals surface area contributed by atoms with Gasteiger partial charge in [0.05, 0.1) is 0 Å². The van der Waals surface area contributed by atoms with Crippen LogP contribution in [0.25, 0.3) is 0 Å². The summed E-state index contributed by atoms with van der Waals surface area (Å²) in [6.07, 6.45) is 1.35. The molecule has 0 spiro atoms. The Balaban J connectivity index is 2.07. The third-order valence-corrected chi connectivity index (χ3v) is 2.44. The molecule has 0 aliphatic carbocycles. The smallest absolute Gasteiger partial charge is 0.226 e. The molecule has 1 aromatic carbocycles. The number of hydrogen-bond donors (Lipinski definition) is 0. The summed E-state index contributed by atoms with van der Waals surface area (Å²) >= 11 is 0. The summed E-state index contributed by atoms with van der Waals surface area (Å²) in [5, 5.41) is 0. The molecule has 17 heavy (non-hydrogen) atoms. The molecule has 0 unspecified atom stereocenters. The van der Waals surface area contributed by atoms with Crippen LogP contribution < -0.4 is 10.2 Å². The van der Waals surface area contributed by atoms with E-state index in [9.17, 15) is 4.79 Å². The molecule has 0 amide bonds. The lowest BCUT2D eigenvalue weighted by Crippen LogP contribution is -2.07. The van der Waals surface area contributed by atoms with Crippen LogP contribution in [0.15, 0.2) is 45.8 Å². The first kappa shape index (κ1) is 11.5.